The number of carbonyl (C=O) groups excluding carboxylic acids is 2. The van der Waals surface area contributed by atoms with Gasteiger partial charge in [0.2, 0.25) is 0 Å². The van der Waals surface area contributed by atoms with Gasteiger partial charge in [-0.05, 0) is 61.3 Å². The Bertz CT molecular complexity index is 1270. The van der Waals surface area contributed by atoms with Crippen LogP contribution in [0.15, 0.2) is 77.3 Å². The van der Waals surface area contributed by atoms with Gasteiger partial charge in [0.05, 0.1) is 13.7 Å². The highest BCUT2D eigenvalue weighted by atomic mass is 16.5. The monoisotopic (exact) mass is 529 g/mol. The lowest BCUT2D eigenvalue weighted by molar-refractivity contribution is -0.132. The van der Waals surface area contributed by atoms with Crippen molar-refractivity contribution in [2.75, 3.05) is 12.4 Å². The number of hydrogen-bond donors (Lipinski definition) is 3. The van der Waals surface area contributed by atoms with Crippen molar-refractivity contribution in [1.29, 1.82) is 0 Å². The smallest absolute Gasteiger partial charge is 0.319 e. The average Bonchev–Trinajstić information content (AvgIpc) is 3.16. The summed E-state index contributed by atoms with van der Waals surface area (Å²) in [5.41, 5.74) is 9.44. The summed E-state index contributed by atoms with van der Waals surface area (Å²) >= 11 is 0. The number of amides is 3. The molecule has 8 nitrogen and oxygen atoms in total. The lowest BCUT2D eigenvalue weighted by Crippen LogP contribution is -2.44. The fourth-order valence-corrected chi connectivity index (χ4v) is 5.14. The zero-order valence-electron chi connectivity index (χ0n) is 23.1. The van der Waals surface area contributed by atoms with Crippen LogP contribution in [0, 0.1) is 5.92 Å². The second kappa shape index (κ2) is 12.7. The van der Waals surface area contributed by atoms with Crippen LogP contribution in [0.25, 0.3) is 0 Å². The number of nitrogens with zero attached hydrogens (tertiary/aromatic N) is 2. The number of allylic oxidation sites excluding steroid dienone is 4. The van der Waals surface area contributed by atoms with Gasteiger partial charge in [0.25, 0.3) is 5.91 Å². The first-order chi connectivity index (χ1) is 18.8. The average molecular weight is 530 g/mol. The van der Waals surface area contributed by atoms with Crippen LogP contribution in [-0.4, -0.2) is 35.4 Å². The number of nitrogens with one attached hydrogen (secondary N) is 2. The molecule has 39 heavy (non-hydrogen) atoms. The predicted molar refractivity (Wildman–Crippen MR) is 155 cm³/mol. The molecule has 0 fully saturated rings. The third-order valence-electron chi connectivity index (χ3n) is 7.10. The molecule has 2 aliphatic rings. The quantitative estimate of drug-likeness (QED) is 0.356. The van der Waals surface area contributed by atoms with Gasteiger partial charge in [-0.3, -0.25) is 9.69 Å². The third-order valence-corrected chi connectivity index (χ3v) is 7.10. The van der Waals surface area contributed by atoms with E-state index in [0.29, 0.717) is 43.3 Å². The Balaban J connectivity index is 1.34. The van der Waals surface area contributed by atoms with E-state index in [1.54, 1.807) is 24.1 Å². The van der Waals surface area contributed by atoms with Crippen molar-refractivity contribution >= 4 is 23.6 Å². The molecular weight excluding hydrogens is 490 g/mol. The lowest BCUT2D eigenvalue weighted by atomic mass is 9.82. The van der Waals surface area contributed by atoms with Crippen LogP contribution in [0.4, 0.5) is 10.5 Å². The van der Waals surface area contributed by atoms with Gasteiger partial charge >= 0.3 is 6.03 Å². The van der Waals surface area contributed by atoms with E-state index in [-0.39, 0.29) is 17.9 Å². The van der Waals surface area contributed by atoms with E-state index in [9.17, 15) is 9.59 Å². The zero-order valence-corrected chi connectivity index (χ0v) is 23.1. The van der Waals surface area contributed by atoms with Crippen LogP contribution in [0.3, 0.4) is 0 Å². The fourth-order valence-electron chi connectivity index (χ4n) is 5.14. The minimum absolute atomic E-state index is 0.0133. The molecule has 1 heterocycles. The summed E-state index contributed by atoms with van der Waals surface area (Å²) in [6.07, 6.45) is 10.7. The van der Waals surface area contributed by atoms with Crippen LogP contribution < -0.4 is 21.1 Å². The first-order valence-corrected chi connectivity index (χ1v) is 13.6. The Morgan fingerprint density at radius 2 is 1.95 bits per heavy atom. The summed E-state index contributed by atoms with van der Waals surface area (Å²) in [6, 6.07) is 14.7. The predicted octanol–water partition coefficient (Wildman–Crippen LogP) is 5.52. The first-order valence-electron chi connectivity index (χ1n) is 13.6. The molecule has 2 aromatic carbocycles. The molecule has 4 N–H and O–H groups in total. The normalized spacial score (nSPS) is 18.7. The van der Waals surface area contributed by atoms with Gasteiger partial charge in [0.1, 0.15) is 11.3 Å². The number of nitrogens with two attached hydrogens (primary N) is 1. The van der Waals surface area contributed by atoms with Crippen LogP contribution >= 0.6 is 0 Å². The molecule has 0 saturated carbocycles. The topological polar surface area (TPSA) is 109 Å². The molecule has 206 valence electrons. The Labute approximate surface area is 231 Å². The SMILES string of the molecule is COc1cccc(NC(=O)NCc2ccc(CN3C(=O)C(CCC4=CC=CCC4)(CC(C)C)N=C3N)cc2)c1. The molecule has 8 heteroatoms. The Hall–Kier alpha value is -4.07. The molecule has 0 bridgehead atoms. The number of carbonyl (C=O) groups is 2. The number of rotatable bonds is 11. The number of guanidine groups is 1. The van der Waals surface area contributed by atoms with Crippen molar-refractivity contribution in [1.82, 2.24) is 10.2 Å². The van der Waals surface area contributed by atoms with Gasteiger partial charge < -0.3 is 21.1 Å². The molecule has 1 aliphatic heterocycles. The highest BCUT2D eigenvalue weighted by molar-refractivity contribution is 6.06. The highest BCUT2D eigenvalue weighted by Crippen LogP contribution is 2.36. The van der Waals surface area contributed by atoms with Crippen molar-refractivity contribution in [3.05, 3.63) is 83.5 Å². The standard InChI is InChI=1S/C31H39N5O3/c1-22(2)19-31(17-16-23-8-5-4-6-9-23)28(37)36(29(32)35-31)21-25-14-12-24(13-15-25)20-33-30(38)34-26-10-7-11-27(18-26)39-3/h4-5,7-8,10-15,18,22H,6,9,16-17,19-21H2,1-3H3,(H2,32,35)(H2,33,34,38). The van der Waals surface area contributed by atoms with Crippen LogP contribution in [-0.2, 0) is 17.9 Å². The number of aliphatic imine (C=N–C) groups is 1. The summed E-state index contributed by atoms with van der Waals surface area (Å²) in [6.45, 7) is 4.97. The number of benzene rings is 2. The fraction of sp³-hybridized carbons (Fsp3) is 0.387. The van der Waals surface area contributed by atoms with E-state index < -0.39 is 5.54 Å². The highest BCUT2D eigenvalue weighted by Gasteiger charge is 2.47. The largest absolute Gasteiger partial charge is 0.497 e. The van der Waals surface area contributed by atoms with Gasteiger partial charge in [-0.2, -0.15) is 0 Å². The summed E-state index contributed by atoms with van der Waals surface area (Å²) in [5, 5.41) is 5.66. The van der Waals surface area contributed by atoms with Gasteiger partial charge in [0, 0.05) is 18.3 Å². The van der Waals surface area contributed by atoms with Crippen LogP contribution in [0.2, 0.25) is 0 Å². The molecule has 3 amide bonds. The molecule has 4 rings (SSSR count). The summed E-state index contributed by atoms with van der Waals surface area (Å²) in [7, 11) is 1.58. The van der Waals surface area contributed by atoms with Crippen molar-refractivity contribution in [3.63, 3.8) is 0 Å². The molecule has 1 atom stereocenters. The van der Waals surface area contributed by atoms with Crippen molar-refractivity contribution in [3.8, 4) is 5.75 Å². The van der Waals surface area contributed by atoms with Gasteiger partial charge in [-0.15, -0.1) is 0 Å². The van der Waals surface area contributed by atoms with E-state index >= 15 is 0 Å². The molecule has 0 spiro atoms. The second-order valence-electron chi connectivity index (χ2n) is 10.6. The molecule has 2 aromatic rings. The maximum atomic E-state index is 13.7. The summed E-state index contributed by atoms with van der Waals surface area (Å²) < 4.78 is 5.19. The molecule has 0 aromatic heterocycles. The van der Waals surface area contributed by atoms with Gasteiger partial charge in [-0.1, -0.05) is 68.0 Å². The molecule has 1 unspecified atom stereocenters. The van der Waals surface area contributed by atoms with Crippen molar-refractivity contribution in [2.45, 2.75) is 64.6 Å². The minimum Gasteiger partial charge on any atom is -0.497 e. The maximum absolute atomic E-state index is 13.7. The number of ether oxygens (including phenoxy) is 1. The molecular formula is C31H39N5O3. The van der Waals surface area contributed by atoms with Crippen molar-refractivity contribution < 1.29 is 14.3 Å². The van der Waals surface area contributed by atoms with Crippen LogP contribution in [0.1, 0.15) is 57.1 Å². The Morgan fingerprint density at radius 1 is 1.18 bits per heavy atom. The number of urea groups is 1. The third kappa shape index (κ3) is 7.28. The minimum atomic E-state index is -0.805. The lowest BCUT2D eigenvalue weighted by Gasteiger charge is -2.28. The molecule has 0 saturated heterocycles. The Morgan fingerprint density at radius 3 is 2.64 bits per heavy atom. The maximum Gasteiger partial charge on any atom is 0.319 e. The summed E-state index contributed by atoms with van der Waals surface area (Å²) in [5.74, 6) is 1.27. The second-order valence-corrected chi connectivity index (χ2v) is 10.6. The van der Waals surface area contributed by atoms with Gasteiger partial charge in [0.15, 0.2) is 5.96 Å². The van der Waals surface area contributed by atoms with E-state index in [2.05, 4.69) is 42.7 Å². The van der Waals surface area contributed by atoms with E-state index in [1.807, 2.05) is 36.4 Å². The first kappa shape index (κ1) is 28.0. The molecule has 1 aliphatic carbocycles. The Kier molecular flexibility index (Phi) is 9.07. The number of methoxy groups -OCH3 is 1. The summed E-state index contributed by atoms with van der Waals surface area (Å²) in [4.78, 5) is 32.4. The number of hydrogen-bond acceptors (Lipinski definition) is 5. The number of anilines is 1. The van der Waals surface area contributed by atoms with Crippen molar-refractivity contribution in [2.24, 2.45) is 16.6 Å². The molecule has 0 radical (unpaired) electrons. The van der Waals surface area contributed by atoms with E-state index in [4.69, 9.17) is 15.5 Å². The van der Waals surface area contributed by atoms with Gasteiger partial charge in [-0.25, -0.2) is 9.79 Å². The van der Waals surface area contributed by atoms with E-state index in [0.717, 1.165) is 30.4 Å². The van der Waals surface area contributed by atoms with Crippen LogP contribution in [0.5, 0.6) is 5.75 Å². The zero-order chi connectivity index (χ0) is 27.8. The van der Waals surface area contributed by atoms with E-state index in [1.165, 1.54) is 5.57 Å².